The fourth-order valence-corrected chi connectivity index (χ4v) is 1.23. The van der Waals surface area contributed by atoms with Crippen LogP contribution in [-0.2, 0) is 4.79 Å². The lowest BCUT2D eigenvalue weighted by molar-refractivity contribution is -0.114. The molecule has 2 aromatic rings. The summed E-state index contributed by atoms with van der Waals surface area (Å²) in [6, 6.07) is 0. The Hall–Kier alpha value is -1.69. The van der Waals surface area contributed by atoms with Crippen molar-refractivity contribution >= 4 is 34.7 Å². The molecule has 2 heterocycles. The van der Waals surface area contributed by atoms with Gasteiger partial charge in [-0.1, -0.05) is 0 Å². The lowest BCUT2D eigenvalue weighted by atomic mass is 10.5. The number of hydrogen-bond acceptors (Lipinski definition) is 4. The first-order valence-corrected chi connectivity index (χ1v) is 4.14. The van der Waals surface area contributed by atoms with Crippen LogP contribution < -0.4 is 5.32 Å². The van der Waals surface area contributed by atoms with Crippen molar-refractivity contribution in [3.63, 3.8) is 0 Å². The van der Waals surface area contributed by atoms with Crippen LogP contribution in [0, 0.1) is 0 Å². The van der Waals surface area contributed by atoms with Crippen LogP contribution in [-0.4, -0.2) is 24.9 Å². The molecule has 1 amide bonds. The average molecular weight is 212 g/mol. The van der Waals surface area contributed by atoms with Gasteiger partial charge in [-0.15, -0.1) is 0 Å². The summed E-state index contributed by atoms with van der Waals surface area (Å²) >= 11 is 5.73. The largest absolute Gasteiger partial charge is 0.309 e. The third-order valence-electron chi connectivity index (χ3n) is 1.59. The highest BCUT2D eigenvalue weighted by molar-refractivity contribution is 6.18. The molecule has 2 aromatic heterocycles. The Morgan fingerprint density at radius 1 is 1.50 bits per heavy atom. The molecule has 0 fully saturated rings. The van der Waals surface area contributed by atoms with Gasteiger partial charge in [-0.3, -0.25) is 4.79 Å². The third kappa shape index (κ3) is 1.39. The van der Waals surface area contributed by atoms with Gasteiger partial charge >= 0.3 is 0 Å². The molecule has 0 unspecified atom stereocenters. The topological polar surface area (TPSA) is 72.7 Å². The van der Waals surface area contributed by atoms with E-state index in [9.17, 15) is 4.79 Å². The summed E-state index contributed by atoms with van der Waals surface area (Å²) in [6.45, 7) is 1.39. The molecule has 0 atom stereocenters. The molecule has 7 heteroatoms. The summed E-state index contributed by atoms with van der Waals surface area (Å²) in [6.07, 6.45) is 2.71. The number of halogens is 1. The van der Waals surface area contributed by atoms with Crippen molar-refractivity contribution in [3.8, 4) is 0 Å². The van der Waals surface area contributed by atoms with E-state index in [4.69, 9.17) is 11.8 Å². The van der Waals surface area contributed by atoms with Crippen LogP contribution in [0.25, 0.3) is 11.2 Å². The second-order valence-corrected chi connectivity index (χ2v) is 3.00. The number of imidazole rings is 1. The van der Waals surface area contributed by atoms with E-state index in [1.165, 1.54) is 23.7 Å². The van der Waals surface area contributed by atoms with Crippen LogP contribution in [0.1, 0.15) is 6.92 Å². The highest BCUT2D eigenvalue weighted by Crippen LogP contribution is 2.17. The number of amides is 1. The Kier molecular flexibility index (Phi) is 2.05. The van der Waals surface area contributed by atoms with E-state index in [1.54, 1.807) is 0 Å². The summed E-state index contributed by atoms with van der Waals surface area (Å²) in [5.41, 5.74) is 0.933. The summed E-state index contributed by atoms with van der Waals surface area (Å²) < 4.78 is 1.24. The quantitative estimate of drug-likeness (QED) is 0.757. The molecule has 0 radical (unpaired) electrons. The maximum Gasteiger partial charge on any atom is 0.222 e. The lowest BCUT2D eigenvalue weighted by Crippen LogP contribution is -2.08. The minimum atomic E-state index is -0.214. The Balaban J connectivity index is 2.59. The standard InChI is InChI=1S/C7H6ClN5O/c1-4(14)12-6-5-7(10-2-9-6)13(8)3-11-5/h2-3H,1H3,(H,9,10,12,14). The first kappa shape index (κ1) is 8.89. The van der Waals surface area contributed by atoms with Crippen molar-refractivity contribution in [2.45, 2.75) is 6.92 Å². The van der Waals surface area contributed by atoms with Gasteiger partial charge in [-0.25, -0.2) is 19.0 Å². The van der Waals surface area contributed by atoms with E-state index in [1.807, 2.05) is 0 Å². The molecule has 0 saturated heterocycles. The van der Waals surface area contributed by atoms with Gasteiger partial charge in [-0.05, 0) is 0 Å². The molecule has 14 heavy (non-hydrogen) atoms. The number of carbonyl (C=O) groups excluding carboxylic acids is 1. The monoisotopic (exact) mass is 211 g/mol. The predicted octanol–water partition coefficient (Wildman–Crippen LogP) is 0.787. The smallest absolute Gasteiger partial charge is 0.222 e. The van der Waals surface area contributed by atoms with Crippen LogP contribution in [0.5, 0.6) is 0 Å². The lowest BCUT2D eigenvalue weighted by Gasteiger charge is -1.99. The van der Waals surface area contributed by atoms with Crippen LogP contribution in [0.15, 0.2) is 12.7 Å². The van der Waals surface area contributed by atoms with E-state index in [2.05, 4.69) is 20.3 Å². The molecule has 0 aliphatic carbocycles. The van der Waals surface area contributed by atoms with Crippen molar-refractivity contribution in [3.05, 3.63) is 12.7 Å². The van der Waals surface area contributed by atoms with Crippen molar-refractivity contribution in [1.82, 2.24) is 19.0 Å². The number of aromatic nitrogens is 4. The number of rotatable bonds is 1. The fourth-order valence-electron chi connectivity index (χ4n) is 1.07. The molecule has 1 N–H and O–H groups in total. The third-order valence-corrected chi connectivity index (χ3v) is 1.84. The predicted molar refractivity (Wildman–Crippen MR) is 50.9 cm³/mol. The zero-order valence-electron chi connectivity index (χ0n) is 7.23. The van der Waals surface area contributed by atoms with Crippen LogP contribution >= 0.6 is 11.8 Å². The Bertz CT molecular complexity index is 494. The van der Waals surface area contributed by atoms with Gasteiger partial charge in [-0.2, -0.15) is 0 Å². The van der Waals surface area contributed by atoms with Gasteiger partial charge in [0.25, 0.3) is 0 Å². The molecule has 72 valence electrons. The van der Waals surface area contributed by atoms with Crippen molar-refractivity contribution < 1.29 is 4.79 Å². The second kappa shape index (κ2) is 3.22. The van der Waals surface area contributed by atoms with E-state index in [-0.39, 0.29) is 5.91 Å². The first-order chi connectivity index (χ1) is 6.68. The fraction of sp³-hybridized carbons (Fsp3) is 0.143. The second-order valence-electron chi connectivity index (χ2n) is 2.63. The number of anilines is 1. The van der Waals surface area contributed by atoms with Crippen LogP contribution in [0.4, 0.5) is 5.82 Å². The van der Waals surface area contributed by atoms with Gasteiger partial charge < -0.3 is 5.32 Å². The number of carbonyl (C=O) groups is 1. The van der Waals surface area contributed by atoms with Crippen LogP contribution in [0.2, 0.25) is 0 Å². The molecule has 6 nitrogen and oxygen atoms in total. The van der Waals surface area contributed by atoms with Crippen molar-refractivity contribution in [2.24, 2.45) is 0 Å². The summed E-state index contributed by atoms with van der Waals surface area (Å²) in [5.74, 6) is 0.149. The maximum absolute atomic E-state index is 10.8. The zero-order valence-corrected chi connectivity index (χ0v) is 7.99. The molecule has 0 bridgehead atoms. The average Bonchev–Trinajstić information content (AvgIpc) is 2.49. The van der Waals surface area contributed by atoms with Crippen molar-refractivity contribution in [2.75, 3.05) is 5.32 Å². The molecule has 0 saturated carbocycles. The van der Waals surface area contributed by atoms with Crippen molar-refractivity contribution in [1.29, 1.82) is 0 Å². The minimum Gasteiger partial charge on any atom is -0.309 e. The van der Waals surface area contributed by atoms with E-state index >= 15 is 0 Å². The number of nitrogens with zero attached hydrogens (tertiary/aromatic N) is 4. The zero-order chi connectivity index (χ0) is 10.1. The molecule has 2 rings (SSSR count). The molecule has 0 aromatic carbocycles. The number of fused-ring (bicyclic) bond motifs is 1. The van der Waals surface area contributed by atoms with Gasteiger partial charge in [0.05, 0.1) is 0 Å². The molecule has 0 spiro atoms. The summed E-state index contributed by atoms with van der Waals surface area (Å²) in [4.78, 5) is 22.6. The van der Waals surface area contributed by atoms with E-state index in [0.717, 1.165) is 0 Å². The summed E-state index contributed by atoms with van der Waals surface area (Å²) in [7, 11) is 0. The maximum atomic E-state index is 10.8. The number of nitrogens with one attached hydrogen (secondary N) is 1. The Morgan fingerprint density at radius 2 is 2.29 bits per heavy atom. The highest BCUT2D eigenvalue weighted by Gasteiger charge is 2.09. The minimum absolute atomic E-state index is 0.214. The summed E-state index contributed by atoms with van der Waals surface area (Å²) in [5, 5.41) is 2.54. The molecular weight excluding hydrogens is 206 g/mol. The van der Waals surface area contributed by atoms with Gasteiger partial charge in [0.1, 0.15) is 12.7 Å². The molecule has 0 aliphatic rings. The van der Waals surface area contributed by atoms with Gasteiger partial charge in [0.2, 0.25) is 5.91 Å². The van der Waals surface area contributed by atoms with Crippen LogP contribution in [0.3, 0.4) is 0 Å². The molecular formula is C7H6ClN5O. The van der Waals surface area contributed by atoms with Gasteiger partial charge in [0, 0.05) is 18.7 Å². The first-order valence-electron chi connectivity index (χ1n) is 3.80. The Morgan fingerprint density at radius 3 is 3.00 bits per heavy atom. The van der Waals surface area contributed by atoms with Gasteiger partial charge in [0.15, 0.2) is 17.0 Å². The SMILES string of the molecule is CC(=O)Nc1ncnc2c1ncn2Cl. The Labute approximate surface area is 84.0 Å². The highest BCUT2D eigenvalue weighted by atomic mass is 35.5. The molecule has 0 aliphatic heterocycles. The van der Waals surface area contributed by atoms with E-state index < -0.39 is 0 Å². The number of hydrogen-bond donors (Lipinski definition) is 1. The van der Waals surface area contributed by atoms with E-state index in [0.29, 0.717) is 17.0 Å². The normalized spacial score (nSPS) is 10.4.